The third kappa shape index (κ3) is 3.27. The number of rotatable bonds is 2. The van der Waals surface area contributed by atoms with Crippen LogP contribution in [0.5, 0.6) is 0 Å². The highest BCUT2D eigenvalue weighted by Crippen LogP contribution is 2.22. The quantitative estimate of drug-likeness (QED) is 0.920. The molecule has 0 aromatic carbocycles. The van der Waals surface area contributed by atoms with Gasteiger partial charge in [0.2, 0.25) is 0 Å². The van der Waals surface area contributed by atoms with Crippen LogP contribution < -0.4 is 5.56 Å². The summed E-state index contributed by atoms with van der Waals surface area (Å²) >= 11 is 0. The van der Waals surface area contributed by atoms with Crippen LogP contribution in [-0.4, -0.2) is 26.4 Å². The Morgan fingerprint density at radius 2 is 2.13 bits per heavy atom. The van der Waals surface area contributed by atoms with Crippen molar-refractivity contribution in [1.82, 2.24) is 19.7 Å². The lowest BCUT2D eigenvalue weighted by Crippen LogP contribution is -2.22. The van der Waals surface area contributed by atoms with Crippen LogP contribution in [0.25, 0.3) is 12.2 Å². The molecule has 1 N–H and O–H groups in total. The summed E-state index contributed by atoms with van der Waals surface area (Å²) in [5.41, 5.74) is 3.51. The van der Waals surface area contributed by atoms with E-state index in [0.717, 1.165) is 30.0 Å². The summed E-state index contributed by atoms with van der Waals surface area (Å²) in [5, 5.41) is 4.53. The van der Waals surface area contributed by atoms with E-state index in [0.29, 0.717) is 18.1 Å². The fourth-order valence-corrected chi connectivity index (χ4v) is 2.63. The Balaban J connectivity index is 1.97. The lowest BCUT2D eigenvalue weighted by Gasteiger charge is -2.17. The van der Waals surface area contributed by atoms with E-state index in [9.17, 15) is 4.79 Å². The van der Waals surface area contributed by atoms with Crippen molar-refractivity contribution >= 4 is 12.2 Å². The number of aryl methyl sites for hydroxylation is 1. The predicted molar refractivity (Wildman–Crippen MR) is 89.1 cm³/mol. The smallest absolute Gasteiger partial charge is 0.251 e. The van der Waals surface area contributed by atoms with Gasteiger partial charge in [-0.05, 0) is 12.2 Å². The van der Waals surface area contributed by atoms with Crippen LogP contribution in [0.4, 0.5) is 0 Å². The Morgan fingerprint density at radius 1 is 1.35 bits per heavy atom. The van der Waals surface area contributed by atoms with E-state index in [-0.39, 0.29) is 11.0 Å². The van der Waals surface area contributed by atoms with E-state index in [4.69, 9.17) is 4.74 Å². The molecule has 0 saturated heterocycles. The van der Waals surface area contributed by atoms with E-state index in [1.165, 1.54) is 6.07 Å². The largest absolute Gasteiger partial charge is 0.376 e. The average molecular weight is 314 g/mol. The maximum atomic E-state index is 11.9. The highest BCUT2D eigenvalue weighted by molar-refractivity contribution is 5.68. The van der Waals surface area contributed by atoms with Crippen LogP contribution in [0.2, 0.25) is 0 Å². The number of aromatic nitrogens is 4. The standard InChI is InChI=1S/C17H22N4O2/c1-17(2,3)16-18-11(9-15(22)19-16)5-6-14-12-10-23-8-7-13(12)20-21(14)4/h5-6,9H,7-8,10H2,1-4H3,(H,18,19,22). The zero-order chi connectivity index (χ0) is 16.6. The first-order valence-electron chi connectivity index (χ1n) is 7.77. The van der Waals surface area contributed by atoms with Crippen molar-refractivity contribution in [3.05, 3.63) is 44.9 Å². The fraction of sp³-hybridized carbons (Fsp3) is 0.471. The van der Waals surface area contributed by atoms with Gasteiger partial charge in [-0.1, -0.05) is 20.8 Å². The lowest BCUT2D eigenvalue weighted by atomic mass is 9.95. The van der Waals surface area contributed by atoms with Gasteiger partial charge in [0.1, 0.15) is 5.82 Å². The molecule has 2 aromatic heterocycles. The third-order valence-corrected chi connectivity index (χ3v) is 3.89. The van der Waals surface area contributed by atoms with Crippen molar-refractivity contribution in [1.29, 1.82) is 0 Å². The maximum Gasteiger partial charge on any atom is 0.251 e. The van der Waals surface area contributed by atoms with Gasteiger partial charge in [0.15, 0.2) is 0 Å². The van der Waals surface area contributed by atoms with Crippen LogP contribution >= 0.6 is 0 Å². The molecular weight excluding hydrogens is 292 g/mol. The minimum atomic E-state index is -0.206. The number of nitrogens with one attached hydrogen (secondary N) is 1. The summed E-state index contributed by atoms with van der Waals surface area (Å²) < 4.78 is 7.38. The summed E-state index contributed by atoms with van der Waals surface area (Å²) in [7, 11) is 1.92. The Bertz CT molecular complexity index is 809. The van der Waals surface area contributed by atoms with E-state index in [1.54, 1.807) is 0 Å². The van der Waals surface area contributed by atoms with Gasteiger partial charge in [-0.2, -0.15) is 5.10 Å². The molecule has 0 spiro atoms. The Morgan fingerprint density at radius 3 is 2.87 bits per heavy atom. The fourth-order valence-electron chi connectivity index (χ4n) is 2.63. The SMILES string of the molecule is Cn1nc2c(c1C=Cc1cc(=O)[nH]c(C(C)(C)C)n1)COCC2. The minimum absolute atomic E-state index is 0.139. The van der Waals surface area contributed by atoms with Crippen molar-refractivity contribution in [3.8, 4) is 0 Å². The average Bonchev–Trinajstić information content (AvgIpc) is 2.79. The molecule has 0 amide bonds. The van der Waals surface area contributed by atoms with Crippen LogP contribution in [0.1, 0.15) is 49.2 Å². The monoisotopic (exact) mass is 314 g/mol. The number of fused-ring (bicyclic) bond motifs is 1. The van der Waals surface area contributed by atoms with E-state index in [1.807, 2.05) is 44.7 Å². The van der Waals surface area contributed by atoms with Crippen molar-refractivity contribution in [2.45, 2.75) is 39.2 Å². The highest BCUT2D eigenvalue weighted by Gasteiger charge is 2.19. The molecule has 6 heteroatoms. The van der Waals surface area contributed by atoms with Crippen molar-refractivity contribution in [2.24, 2.45) is 7.05 Å². The maximum absolute atomic E-state index is 11.9. The molecule has 1 aliphatic heterocycles. The molecule has 0 fully saturated rings. The van der Waals surface area contributed by atoms with E-state index >= 15 is 0 Å². The van der Waals surface area contributed by atoms with Gasteiger partial charge >= 0.3 is 0 Å². The Kier molecular flexibility index (Phi) is 3.93. The molecule has 0 radical (unpaired) electrons. The molecule has 0 atom stereocenters. The number of ether oxygens (including phenoxy) is 1. The number of H-pyrrole nitrogens is 1. The Labute approximate surface area is 135 Å². The molecule has 0 bridgehead atoms. The molecule has 122 valence electrons. The van der Waals surface area contributed by atoms with Crippen LogP contribution in [0.15, 0.2) is 10.9 Å². The molecule has 0 aliphatic carbocycles. The zero-order valence-electron chi connectivity index (χ0n) is 14.0. The number of nitrogens with zero attached hydrogens (tertiary/aromatic N) is 3. The molecular formula is C17H22N4O2. The van der Waals surface area contributed by atoms with Crippen LogP contribution in [0.3, 0.4) is 0 Å². The van der Waals surface area contributed by atoms with Crippen molar-refractivity contribution in [2.75, 3.05) is 6.61 Å². The van der Waals surface area contributed by atoms with Crippen LogP contribution in [-0.2, 0) is 30.2 Å². The van der Waals surface area contributed by atoms with Gasteiger partial charge in [-0.15, -0.1) is 0 Å². The molecule has 1 aliphatic rings. The minimum Gasteiger partial charge on any atom is -0.376 e. The second-order valence-electron chi connectivity index (χ2n) is 6.84. The molecule has 0 saturated carbocycles. The first-order chi connectivity index (χ1) is 10.8. The molecule has 3 heterocycles. The van der Waals surface area contributed by atoms with Gasteiger partial charge in [0.25, 0.3) is 5.56 Å². The Hall–Kier alpha value is -2.21. The first-order valence-corrected chi connectivity index (χ1v) is 7.77. The van der Waals surface area contributed by atoms with Gasteiger partial charge in [-0.25, -0.2) is 4.98 Å². The summed E-state index contributed by atoms with van der Waals surface area (Å²) in [6.07, 6.45) is 4.65. The second kappa shape index (κ2) is 5.77. The molecule has 23 heavy (non-hydrogen) atoms. The van der Waals surface area contributed by atoms with Gasteiger partial charge in [0, 0.05) is 30.5 Å². The van der Waals surface area contributed by atoms with Gasteiger partial charge < -0.3 is 9.72 Å². The normalized spacial score (nSPS) is 15.1. The topological polar surface area (TPSA) is 72.8 Å². The van der Waals surface area contributed by atoms with Crippen LogP contribution in [0, 0.1) is 0 Å². The van der Waals surface area contributed by atoms with Gasteiger partial charge in [0.05, 0.1) is 30.3 Å². The lowest BCUT2D eigenvalue weighted by molar-refractivity contribution is 0.110. The van der Waals surface area contributed by atoms with Gasteiger partial charge in [-0.3, -0.25) is 9.48 Å². The molecule has 2 aromatic rings. The summed E-state index contributed by atoms with van der Waals surface area (Å²) in [5.74, 6) is 0.681. The van der Waals surface area contributed by atoms with E-state index in [2.05, 4.69) is 15.1 Å². The zero-order valence-corrected chi connectivity index (χ0v) is 14.0. The second-order valence-corrected chi connectivity index (χ2v) is 6.84. The van der Waals surface area contributed by atoms with Crippen molar-refractivity contribution < 1.29 is 4.74 Å². The molecule has 3 rings (SSSR count). The van der Waals surface area contributed by atoms with E-state index < -0.39 is 0 Å². The van der Waals surface area contributed by atoms with Crippen molar-refractivity contribution in [3.63, 3.8) is 0 Å². The highest BCUT2D eigenvalue weighted by atomic mass is 16.5. The third-order valence-electron chi connectivity index (χ3n) is 3.89. The first kappa shape index (κ1) is 15.7. The summed E-state index contributed by atoms with van der Waals surface area (Å²) in [4.78, 5) is 19.2. The molecule has 0 unspecified atom stereocenters. The number of hydrogen-bond donors (Lipinski definition) is 1. The predicted octanol–water partition coefficient (Wildman–Crippen LogP) is 2.04. The number of aromatic amines is 1. The summed E-state index contributed by atoms with van der Waals surface area (Å²) in [6.45, 7) is 7.37. The molecule has 6 nitrogen and oxygen atoms in total. The summed E-state index contributed by atoms with van der Waals surface area (Å²) in [6, 6.07) is 1.51. The number of hydrogen-bond acceptors (Lipinski definition) is 4.